The van der Waals surface area contributed by atoms with Crippen LogP contribution in [0.25, 0.3) is 0 Å². The van der Waals surface area contributed by atoms with E-state index in [1.165, 1.54) is 38.5 Å². The number of hydrogen-bond donors (Lipinski definition) is 0. The second kappa shape index (κ2) is 12.7. The van der Waals surface area contributed by atoms with Crippen LogP contribution >= 0.6 is 11.6 Å². The first-order chi connectivity index (χ1) is 4.41. The van der Waals surface area contributed by atoms with Crippen molar-refractivity contribution in [3.05, 3.63) is 0 Å². The number of alkyl halides is 1. The summed E-state index contributed by atoms with van der Waals surface area (Å²) in [5, 5.41) is 0. The van der Waals surface area contributed by atoms with Gasteiger partial charge in [0, 0.05) is 5.88 Å². The molecule has 0 aromatic heterocycles. The van der Waals surface area contributed by atoms with Crippen molar-refractivity contribution in [3.8, 4) is 0 Å². The number of unbranched alkanes of at least 4 members (excludes halogenated alkanes) is 5. The Kier molecular flexibility index (Phi) is 17.4. The van der Waals surface area contributed by atoms with Crippen LogP contribution in [0.5, 0.6) is 0 Å². The first-order valence-corrected chi connectivity index (χ1v) is 4.51. The van der Waals surface area contributed by atoms with Crippen molar-refractivity contribution in [1.29, 1.82) is 0 Å². The zero-order valence-electron chi connectivity index (χ0n) is 7.03. The summed E-state index contributed by atoms with van der Waals surface area (Å²) >= 11 is 5.51. The van der Waals surface area contributed by atoms with Crippen LogP contribution in [-0.2, 0) is 0 Å². The molecule has 0 spiro atoms. The van der Waals surface area contributed by atoms with Gasteiger partial charge in [0.25, 0.3) is 0 Å². The van der Waals surface area contributed by atoms with Gasteiger partial charge in [0.15, 0.2) is 0 Å². The van der Waals surface area contributed by atoms with Gasteiger partial charge in [-0.3, -0.25) is 0 Å². The Balaban J connectivity index is 0. The van der Waals surface area contributed by atoms with Crippen molar-refractivity contribution in [2.45, 2.75) is 45.4 Å². The van der Waals surface area contributed by atoms with Gasteiger partial charge in [-0.2, -0.15) is 0 Å². The van der Waals surface area contributed by atoms with Gasteiger partial charge in [0.05, 0.1) is 0 Å². The topological polar surface area (TPSA) is 0 Å². The van der Waals surface area contributed by atoms with Gasteiger partial charge >= 0.3 is 23.9 Å². The molecule has 0 bridgehead atoms. The molecule has 0 amide bonds. The maximum absolute atomic E-state index is 5.51. The molecule has 0 N–H and O–H groups in total. The Morgan fingerprint density at radius 2 is 1.40 bits per heavy atom. The summed E-state index contributed by atoms with van der Waals surface area (Å²) in [6.07, 6.45) is 8.02. The molecule has 10 heavy (non-hydrogen) atoms. The van der Waals surface area contributed by atoms with Crippen LogP contribution < -0.4 is 0 Å². The summed E-state index contributed by atoms with van der Waals surface area (Å²) in [4.78, 5) is 0. The van der Waals surface area contributed by atoms with Crippen LogP contribution in [0.2, 0.25) is 0 Å². The second-order valence-electron chi connectivity index (χ2n) is 2.46. The first kappa shape index (κ1) is 13.7. The maximum atomic E-state index is 5.51. The summed E-state index contributed by atoms with van der Waals surface area (Å²) in [7, 11) is 0. The van der Waals surface area contributed by atoms with E-state index in [0.717, 1.165) is 5.88 Å². The molecule has 0 aliphatic carbocycles. The molecule has 0 rings (SSSR count). The van der Waals surface area contributed by atoms with E-state index in [2.05, 4.69) is 6.92 Å². The van der Waals surface area contributed by atoms with E-state index in [1.807, 2.05) is 0 Å². The molecule has 0 fully saturated rings. The number of rotatable bonds is 6. The van der Waals surface area contributed by atoms with Gasteiger partial charge < -0.3 is 0 Å². The normalized spacial score (nSPS) is 9.00. The molecule has 0 aromatic rings. The molecule has 0 saturated carbocycles. The SMILES string of the molecule is CCCCCCCCCl.[SnH2]. The standard InChI is InChI=1S/C8H17Cl.Sn.2H/c1-2-3-4-5-6-7-8-9;;;/h2-8H2,1H3;;;. The first-order valence-electron chi connectivity index (χ1n) is 3.97. The Bertz CT molecular complexity index is 42.5. The minimum atomic E-state index is 0. The van der Waals surface area contributed by atoms with Crippen LogP contribution in [0.15, 0.2) is 0 Å². The second-order valence-corrected chi connectivity index (χ2v) is 2.83. The van der Waals surface area contributed by atoms with Gasteiger partial charge in [0.1, 0.15) is 0 Å². The predicted octanol–water partition coefficient (Wildman–Crippen LogP) is 2.67. The Labute approximate surface area is 86.7 Å². The third-order valence-electron chi connectivity index (χ3n) is 1.49. The Morgan fingerprint density at radius 1 is 0.900 bits per heavy atom. The van der Waals surface area contributed by atoms with Crippen molar-refractivity contribution in [2.75, 3.05) is 5.88 Å². The van der Waals surface area contributed by atoms with Crippen molar-refractivity contribution < 1.29 is 0 Å². The van der Waals surface area contributed by atoms with Crippen molar-refractivity contribution in [3.63, 3.8) is 0 Å². The molecule has 2 heteroatoms. The van der Waals surface area contributed by atoms with Gasteiger partial charge in [0.2, 0.25) is 0 Å². The number of halogens is 1. The molecule has 0 aromatic carbocycles. The molecule has 0 aliphatic rings. The van der Waals surface area contributed by atoms with E-state index in [1.54, 1.807) is 0 Å². The fourth-order valence-electron chi connectivity index (χ4n) is 0.875. The van der Waals surface area contributed by atoms with E-state index in [9.17, 15) is 0 Å². The van der Waals surface area contributed by atoms with E-state index >= 15 is 0 Å². The van der Waals surface area contributed by atoms with Crippen LogP contribution in [0, 0.1) is 0 Å². The average molecular weight is 269 g/mol. The Morgan fingerprint density at radius 3 is 1.90 bits per heavy atom. The third kappa shape index (κ3) is 11.8. The van der Waals surface area contributed by atoms with E-state index in [4.69, 9.17) is 11.6 Å². The summed E-state index contributed by atoms with van der Waals surface area (Å²) in [5.41, 5.74) is 0. The van der Waals surface area contributed by atoms with E-state index in [0.29, 0.717) is 0 Å². The quantitative estimate of drug-likeness (QED) is 0.395. The van der Waals surface area contributed by atoms with Crippen LogP contribution in [0.4, 0.5) is 0 Å². The van der Waals surface area contributed by atoms with Crippen LogP contribution in [-0.4, -0.2) is 29.8 Å². The van der Waals surface area contributed by atoms with Gasteiger partial charge in [-0.1, -0.05) is 39.0 Å². The van der Waals surface area contributed by atoms with E-state index in [-0.39, 0.29) is 23.9 Å². The zero-order valence-corrected chi connectivity index (χ0v) is 11.8. The fourth-order valence-corrected chi connectivity index (χ4v) is 1.06. The summed E-state index contributed by atoms with van der Waals surface area (Å²) < 4.78 is 0. The zero-order chi connectivity index (χ0) is 6.95. The Hall–Kier alpha value is 1.09. The molecule has 62 valence electrons. The van der Waals surface area contributed by atoms with E-state index < -0.39 is 0 Å². The molecule has 0 atom stereocenters. The van der Waals surface area contributed by atoms with Gasteiger partial charge in [-0.25, -0.2) is 0 Å². The summed E-state index contributed by atoms with van der Waals surface area (Å²) in [6.45, 7) is 2.24. The summed E-state index contributed by atoms with van der Waals surface area (Å²) in [5.74, 6) is 0.839. The molecule has 0 nitrogen and oxygen atoms in total. The monoisotopic (exact) mass is 270 g/mol. The predicted molar refractivity (Wildman–Crippen MR) is 52.6 cm³/mol. The molecule has 0 heterocycles. The average Bonchev–Trinajstić information content (AvgIpc) is 1.89. The molecular formula is C8H19ClSn. The molecule has 2 radical (unpaired) electrons. The summed E-state index contributed by atoms with van der Waals surface area (Å²) in [6, 6.07) is 0. The molecule has 0 saturated heterocycles. The fraction of sp³-hybridized carbons (Fsp3) is 1.00. The third-order valence-corrected chi connectivity index (χ3v) is 1.75. The van der Waals surface area contributed by atoms with Crippen LogP contribution in [0.3, 0.4) is 0 Å². The van der Waals surface area contributed by atoms with Crippen molar-refractivity contribution in [2.24, 2.45) is 0 Å². The minimum absolute atomic E-state index is 0. The van der Waals surface area contributed by atoms with Gasteiger partial charge in [-0.15, -0.1) is 11.6 Å². The number of hydrogen-bond acceptors (Lipinski definition) is 0. The van der Waals surface area contributed by atoms with Crippen molar-refractivity contribution >= 4 is 35.5 Å². The van der Waals surface area contributed by atoms with Gasteiger partial charge in [-0.05, 0) is 6.42 Å². The molecular weight excluding hydrogens is 250 g/mol. The molecule has 0 unspecified atom stereocenters. The van der Waals surface area contributed by atoms with Crippen LogP contribution in [0.1, 0.15) is 45.4 Å². The molecule has 0 aliphatic heterocycles. The van der Waals surface area contributed by atoms with Crippen molar-refractivity contribution in [1.82, 2.24) is 0 Å².